The van der Waals surface area contributed by atoms with Crippen LogP contribution in [0.1, 0.15) is 0 Å². The van der Waals surface area contributed by atoms with E-state index >= 15 is 0 Å². The molecule has 0 amide bonds. The van der Waals surface area contributed by atoms with Gasteiger partial charge in [0, 0.05) is 4.90 Å². The molecular formula is C7H11N2OPS2. The van der Waals surface area contributed by atoms with Gasteiger partial charge in [-0.15, -0.1) is 11.8 Å². The van der Waals surface area contributed by atoms with Crippen molar-refractivity contribution in [2.75, 3.05) is 5.88 Å². The molecule has 0 aliphatic heterocycles. The highest BCUT2D eigenvalue weighted by Crippen LogP contribution is 2.26. The van der Waals surface area contributed by atoms with Crippen molar-refractivity contribution in [2.45, 2.75) is 4.90 Å². The molecular weight excluding hydrogens is 223 g/mol. The summed E-state index contributed by atoms with van der Waals surface area (Å²) in [4.78, 5) is 10.2. The van der Waals surface area contributed by atoms with E-state index in [0.717, 1.165) is 4.90 Å². The monoisotopic (exact) mass is 234 g/mol. The Hall–Kier alpha value is 0.100. The zero-order valence-electron chi connectivity index (χ0n) is 6.88. The molecule has 0 aliphatic rings. The molecule has 0 saturated carbocycles. The average Bonchev–Trinajstić information content (AvgIpc) is 2.04. The van der Waals surface area contributed by atoms with Crippen LogP contribution in [-0.2, 0) is 11.8 Å². The Labute approximate surface area is 86.9 Å². The molecule has 4 N–H and O–H groups in total. The van der Waals surface area contributed by atoms with Crippen LogP contribution in [0.25, 0.3) is 0 Å². The number of thioether (sulfide) groups is 1. The van der Waals surface area contributed by atoms with Gasteiger partial charge in [-0.2, -0.15) is 0 Å². The third-order valence-electron chi connectivity index (χ3n) is 1.27. The van der Waals surface area contributed by atoms with Gasteiger partial charge >= 0.3 is 0 Å². The van der Waals surface area contributed by atoms with Crippen molar-refractivity contribution in [3.63, 3.8) is 0 Å². The van der Waals surface area contributed by atoms with Crippen LogP contribution < -0.4 is 10.6 Å². The van der Waals surface area contributed by atoms with E-state index in [1.807, 2.05) is 30.3 Å². The largest absolute Gasteiger partial charge is 0.343 e. The Bertz CT molecular complexity index is 301. The molecule has 0 saturated heterocycles. The quantitative estimate of drug-likeness (QED) is 0.419. The summed E-state index contributed by atoms with van der Waals surface area (Å²) in [6, 6.07) is 9.85. The maximum Gasteiger partial charge on any atom is 0.193 e. The van der Waals surface area contributed by atoms with E-state index in [1.165, 1.54) is 0 Å². The molecule has 6 heteroatoms. The van der Waals surface area contributed by atoms with Gasteiger partial charge in [0.05, 0.1) is 5.88 Å². The van der Waals surface area contributed by atoms with Crippen LogP contribution in [0.2, 0.25) is 0 Å². The van der Waals surface area contributed by atoms with E-state index in [1.54, 1.807) is 11.8 Å². The Morgan fingerprint density at radius 2 is 2.08 bits per heavy atom. The Morgan fingerprint density at radius 1 is 1.46 bits per heavy atom. The van der Waals surface area contributed by atoms with Crippen molar-refractivity contribution >= 4 is 30.1 Å². The highest BCUT2D eigenvalue weighted by molar-refractivity contribution is 8.10. The Kier molecular flexibility index (Phi) is 4.38. The van der Waals surface area contributed by atoms with Gasteiger partial charge in [0.2, 0.25) is 0 Å². The second kappa shape index (κ2) is 5.10. The summed E-state index contributed by atoms with van der Waals surface area (Å²) in [5.41, 5.74) is 5.26. The number of nitrogens with two attached hydrogens (primary N) is 1. The van der Waals surface area contributed by atoms with E-state index in [-0.39, 0.29) is 0 Å². The van der Waals surface area contributed by atoms with Crippen LogP contribution in [-0.4, -0.2) is 10.8 Å². The molecule has 1 atom stereocenters. The highest BCUT2D eigenvalue weighted by atomic mass is 32.4. The third kappa shape index (κ3) is 5.41. The molecule has 13 heavy (non-hydrogen) atoms. The van der Waals surface area contributed by atoms with Crippen LogP contribution in [0.15, 0.2) is 35.2 Å². The lowest BCUT2D eigenvalue weighted by atomic mass is 10.4. The SMILES string of the molecule is NP(O)(=S)NCSc1ccccc1. The van der Waals surface area contributed by atoms with Gasteiger partial charge < -0.3 is 4.89 Å². The predicted molar refractivity (Wildman–Crippen MR) is 61.0 cm³/mol. The summed E-state index contributed by atoms with van der Waals surface area (Å²) < 4.78 is 0. The van der Waals surface area contributed by atoms with Crippen LogP contribution in [0.3, 0.4) is 0 Å². The molecule has 0 bridgehead atoms. The first-order valence-electron chi connectivity index (χ1n) is 3.62. The average molecular weight is 234 g/mol. The maximum atomic E-state index is 9.07. The van der Waals surface area contributed by atoms with Crippen LogP contribution in [0.5, 0.6) is 0 Å². The number of nitrogens with one attached hydrogen (secondary N) is 1. The summed E-state index contributed by atoms with van der Waals surface area (Å²) in [5.74, 6) is 0.536. The highest BCUT2D eigenvalue weighted by Gasteiger charge is 2.02. The third-order valence-corrected chi connectivity index (χ3v) is 3.38. The molecule has 0 radical (unpaired) electrons. The first-order chi connectivity index (χ1) is 6.08. The maximum absolute atomic E-state index is 9.07. The molecule has 0 aromatic heterocycles. The van der Waals surface area contributed by atoms with Crippen LogP contribution >= 0.6 is 18.3 Å². The number of hydrogen-bond donors (Lipinski definition) is 3. The lowest BCUT2D eigenvalue weighted by Gasteiger charge is -2.09. The van der Waals surface area contributed by atoms with Gasteiger partial charge in [0.1, 0.15) is 0 Å². The van der Waals surface area contributed by atoms with Gasteiger partial charge in [-0.05, 0) is 23.9 Å². The minimum Gasteiger partial charge on any atom is -0.343 e. The summed E-state index contributed by atoms with van der Waals surface area (Å²) in [6.45, 7) is -2.74. The van der Waals surface area contributed by atoms with E-state index in [0.29, 0.717) is 5.88 Å². The molecule has 3 nitrogen and oxygen atoms in total. The van der Waals surface area contributed by atoms with Crippen molar-refractivity contribution < 1.29 is 4.89 Å². The predicted octanol–water partition coefficient (Wildman–Crippen LogP) is 1.50. The van der Waals surface area contributed by atoms with Gasteiger partial charge in [-0.1, -0.05) is 18.2 Å². The minimum absolute atomic E-state index is 0.536. The second-order valence-electron chi connectivity index (χ2n) is 2.38. The molecule has 0 fully saturated rings. The molecule has 0 spiro atoms. The van der Waals surface area contributed by atoms with Crippen LogP contribution in [0.4, 0.5) is 0 Å². The molecule has 0 heterocycles. The summed E-state index contributed by atoms with van der Waals surface area (Å²) >= 11 is 6.18. The van der Waals surface area contributed by atoms with Crippen molar-refractivity contribution in [1.29, 1.82) is 0 Å². The molecule has 1 rings (SSSR count). The molecule has 72 valence electrons. The normalized spacial score (nSPS) is 15.2. The smallest absolute Gasteiger partial charge is 0.193 e. The zero-order valence-corrected chi connectivity index (χ0v) is 9.41. The van der Waals surface area contributed by atoms with Crippen molar-refractivity contribution in [3.05, 3.63) is 30.3 Å². The second-order valence-corrected chi connectivity index (χ2v) is 6.66. The molecule has 1 aromatic rings. The molecule has 0 aliphatic carbocycles. The van der Waals surface area contributed by atoms with Gasteiger partial charge in [0.15, 0.2) is 6.57 Å². The lowest BCUT2D eigenvalue weighted by molar-refractivity contribution is 0.611. The minimum atomic E-state index is -2.74. The lowest BCUT2D eigenvalue weighted by Crippen LogP contribution is -2.14. The fraction of sp³-hybridized carbons (Fsp3) is 0.143. The van der Waals surface area contributed by atoms with Crippen molar-refractivity contribution in [2.24, 2.45) is 5.50 Å². The van der Waals surface area contributed by atoms with E-state index in [2.05, 4.69) is 16.9 Å². The number of rotatable bonds is 4. The Balaban J connectivity index is 2.33. The molecule has 1 unspecified atom stereocenters. The first kappa shape index (κ1) is 11.2. The van der Waals surface area contributed by atoms with Gasteiger partial charge in [0.25, 0.3) is 0 Å². The van der Waals surface area contributed by atoms with Gasteiger partial charge in [-0.3, -0.25) is 5.50 Å². The van der Waals surface area contributed by atoms with Crippen molar-refractivity contribution in [1.82, 2.24) is 5.09 Å². The van der Waals surface area contributed by atoms with E-state index in [4.69, 9.17) is 10.4 Å². The topological polar surface area (TPSA) is 58.3 Å². The van der Waals surface area contributed by atoms with Gasteiger partial charge in [-0.25, -0.2) is 5.09 Å². The summed E-state index contributed by atoms with van der Waals surface area (Å²) in [7, 11) is 0. The number of benzene rings is 1. The summed E-state index contributed by atoms with van der Waals surface area (Å²) in [5, 5.41) is 2.69. The van der Waals surface area contributed by atoms with E-state index in [9.17, 15) is 0 Å². The Morgan fingerprint density at radius 3 is 2.62 bits per heavy atom. The fourth-order valence-corrected chi connectivity index (χ4v) is 2.71. The zero-order chi connectivity index (χ0) is 9.73. The first-order valence-corrected chi connectivity index (χ1v) is 7.43. The standard InChI is InChI=1S/C7H11N2OPS2/c8-11(10,12)9-6-13-7-4-2-1-3-5-7/h1-5H,6H2,(H4,8,9,10,12). The summed E-state index contributed by atoms with van der Waals surface area (Å²) in [6.07, 6.45) is 0. The van der Waals surface area contributed by atoms with E-state index < -0.39 is 6.57 Å². The molecule has 1 aromatic carbocycles. The number of hydrogen-bond acceptors (Lipinski definition) is 2. The van der Waals surface area contributed by atoms with Crippen LogP contribution in [0, 0.1) is 0 Å². The fourth-order valence-electron chi connectivity index (χ4n) is 0.725. The van der Waals surface area contributed by atoms with Crippen molar-refractivity contribution in [3.8, 4) is 0 Å².